The van der Waals surface area contributed by atoms with Crippen molar-refractivity contribution < 1.29 is 9.53 Å². The van der Waals surface area contributed by atoms with Crippen molar-refractivity contribution in [2.24, 2.45) is 0 Å². The van der Waals surface area contributed by atoms with E-state index in [0.717, 1.165) is 47.4 Å². The van der Waals surface area contributed by atoms with E-state index in [1.54, 1.807) is 13.3 Å². The first-order valence-corrected chi connectivity index (χ1v) is 8.80. The number of pyridine rings is 1. The molecular formula is C21H21N3O2. The average Bonchev–Trinajstić information content (AvgIpc) is 2.68. The zero-order valence-corrected chi connectivity index (χ0v) is 14.7. The molecule has 0 spiro atoms. The standard InChI is InChI=1S/C21H21N3O2/c1-26-16-9-10-20-15(13-16)5-4-12-24(20)14-21(25)23-19-8-2-7-18-17(19)6-3-11-22-18/h2-3,6-11,13H,4-5,12,14H2,1H3,(H,23,25). The highest BCUT2D eigenvalue weighted by Crippen LogP contribution is 2.30. The molecule has 4 rings (SSSR count). The maximum Gasteiger partial charge on any atom is 0.243 e. The number of methoxy groups -OCH3 is 1. The summed E-state index contributed by atoms with van der Waals surface area (Å²) in [5.74, 6) is 0.836. The molecule has 26 heavy (non-hydrogen) atoms. The van der Waals surface area contributed by atoms with Crippen LogP contribution in [0.5, 0.6) is 5.75 Å². The minimum Gasteiger partial charge on any atom is -0.497 e. The van der Waals surface area contributed by atoms with E-state index in [2.05, 4.69) is 21.3 Å². The van der Waals surface area contributed by atoms with Gasteiger partial charge in [-0.25, -0.2) is 0 Å². The van der Waals surface area contributed by atoms with Crippen molar-refractivity contribution >= 4 is 28.2 Å². The highest BCUT2D eigenvalue weighted by Gasteiger charge is 2.20. The van der Waals surface area contributed by atoms with Gasteiger partial charge in [-0.2, -0.15) is 0 Å². The smallest absolute Gasteiger partial charge is 0.243 e. The zero-order chi connectivity index (χ0) is 17.9. The van der Waals surface area contributed by atoms with Crippen molar-refractivity contribution in [1.82, 2.24) is 4.98 Å². The van der Waals surface area contributed by atoms with Gasteiger partial charge in [0.25, 0.3) is 0 Å². The monoisotopic (exact) mass is 347 g/mol. The van der Waals surface area contributed by atoms with E-state index in [1.807, 2.05) is 42.5 Å². The van der Waals surface area contributed by atoms with Gasteiger partial charge in [-0.1, -0.05) is 6.07 Å². The molecule has 1 aromatic heterocycles. The minimum absolute atomic E-state index is 0.0231. The first-order chi connectivity index (χ1) is 12.7. The fourth-order valence-corrected chi connectivity index (χ4v) is 3.52. The fourth-order valence-electron chi connectivity index (χ4n) is 3.52. The Hall–Kier alpha value is -3.08. The molecule has 5 nitrogen and oxygen atoms in total. The van der Waals surface area contributed by atoms with Gasteiger partial charge in [0.1, 0.15) is 5.75 Å². The lowest BCUT2D eigenvalue weighted by Gasteiger charge is -2.31. The third kappa shape index (κ3) is 3.20. The van der Waals surface area contributed by atoms with Gasteiger partial charge < -0.3 is 15.0 Å². The van der Waals surface area contributed by atoms with E-state index >= 15 is 0 Å². The van der Waals surface area contributed by atoms with Gasteiger partial charge in [0.05, 0.1) is 24.9 Å². The second-order valence-corrected chi connectivity index (χ2v) is 6.44. The molecule has 132 valence electrons. The first kappa shape index (κ1) is 16.4. The summed E-state index contributed by atoms with van der Waals surface area (Å²) in [6.07, 6.45) is 3.80. The average molecular weight is 347 g/mol. The van der Waals surface area contributed by atoms with Crippen LogP contribution in [0.1, 0.15) is 12.0 Å². The Bertz CT molecular complexity index is 950. The fraction of sp³-hybridized carbons (Fsp3) is 0.238. The van der Waals surface area contributed by atoms with Crippen LogP contribution in [0.25, 0.3) is 10.9 Å². The summed E-state index contributed by atoms with van der Waals surface area (Å²) in [5, 5.41) is 3.99. The van der Waals surface area contributed by atoms with Gasteiger partial charge in [0.2, 0.25) is 5.91 Å². The Morgan fingerprint density at radius 2 is 2.15 bits per heavy atom. The van der Waals surface area contributed by atoms with Gasteiger partial charge in [-0.05, 0) is 60.9 Å². The topological polar surface area (TPSA) is 54.5 Å². The van der Waals surface area contributed by atoms with Crippen LogP contribution in [0.15, 0.2) is 54.7 Å². The predicted molar refractivity (Wildman–Crippen MR) is 104 cm³/mol. The number of carbonyl (C=O) groups is 1. The van der Waals surface area contributed by atoms with Gasteiger partial charge in [-0.3, -0.25) is 9.78 Å². The summed E-state index contributed by atoms with van der Waals surface area (Å²) in [4.78, 5) is 19.1. The number of aromatic nitrogens is 1. The Morgan fingerprint density at radius 1 is 1.23 bits per heavy atom. The van der Waals surface area contributed by atoms with Crippen molar-refractivity contribution in [2.45, 2.75) is 12.8 Å². The molecule has 0 aliphatic carbocycles. The Labute approximate surface area is 152 Å². The van der Waals surface area contributed by atoms with Crippen LogP contribution in [0.3, 0.4) is 0 Å². The van der Waals surface area contributed by atoms with Crippen molar-refractivity contribution in [3.05, 3.63) is 60.3 Å². The number of benzene rings is 2. The van der Waals surface area contributed by atoms with Crippen LogP contribution in [-0.4, -0.2) is 31.1 Å². The van der Waals surface area contributed by atoms with Crippen LogP contribution in [0.4, 0.5) is 11.4 Å². The molecule has 1 amide bonds. The summed E-state index contributed by atoms with van der Waals surface area (Å²) >= 11 is 0. The SMILES string of the molecule is COc1ccc2c(c1)CCCN2CC(=O)Nc1cccc2ncccc12. The predicted octanol–water partition coefficient (Wildman–Crippen LogP) is 3.63. The number of carbonyl (C=O) groups excluding carboxylic acids is 1. The first-order valence-electron chi connectivity index (χ1n) is 8.80. The lowest BCUT2D eigenvalue weighted by atomic mass is 10.0. The molecule has 0 fully saturated rings. The van der Waals surface area contributed by atoms with E-state index in [9.17, 15) is 4.79 Å². The third-order valence-corrected chi connectivity index (χ3v) is 4.76. The molecule has 0 bridgehead atoms. The van der Waals surface area contributed by atoms with Crippen molar-refractivity contribution in [3.8, 4) is 5.75 Å². The highest BCUT2D eigenvalue weighted by atomic mass is 16.5. The molecule has 1 aliphatic rings. The molecule has 0 radical (unpaired) electrons. The minimum atomic E-state index is -0.0231. The summed E-state index contributed by atoms with van der Waals surface area (Å²) in [7, 11) is 1.68. The van der Waals surface area contributed by atoms with E-state index in [-0.39, 0.29) is 5.91 Å². The number of nitrogens with one attached hydrogen (secondary N) is 1. The third-order valence-electron chi connectivity index (χ3n) is 4.76. The summed E-state index contributed by atoms with van der Waals surface area (Å²) in [6.45, 7) is 1.21. The Balaban J connectivity index is 1.52. The molecule has 5 heteroatoms. The van der Waals surface area contributed by atoms with E-state index in [0.29, 0.717) is 6.54 Å². The van der Waals surface area contributed by atoms with Crippen molar-refractivity contribution in [2.75, 3.05) is 30.4 Å². The number of anilines is 2. The van der Waals surface area contributed by atoms with Crippen molar-refractivity contribution in [1.29, 1.82) is 0 Å². The number of amides is 1. The van der Waals surface area contributed by atoms with Crippen LogP contribution in [0, 0.1) is 0 Å². The number of hydrogen-bond acceptors (Lipinski definition) is 4. The molecule has 0 saturated heterocycles. The number of ether oxygens (including phenoxy) is 1. The number of fused-ring (bicyclic) bond motifs is 2. The Morgan fingerprint density at radius 3 is 3.04 bits per heavy atom. The normalized spacial score (nSPS) is 13.3. The van der Waals surface area contributed by atoms with Crippen LogP contribution in [-0.2, 0) is 11.2 Å². The van der Waals surface area contributed by atoms with Gasteiger partial charge >= 0.3 is 0 Å². The van der Waals surface area contributed by atoms with Crippen LogP contribution < -0.4 is 15.0 Å². The molecule has 1 aliphatic heterocycles. The van der Waals surface area contributed by atoms with Gasteiger partial charge in [0, 0.05) is 23.8 Å². The number of aryl methyl sites for hydroxylation is 1. The lowest BCUT2D eigenvalue weighted by Crippen LogP contribution is -2.36. The van der Waals surface area contributed by atoms with E-state index < -0.39 is 0 Å². The van der Waals surface area contributed by atoms with Gasteiger partial charge in [0.15, 0.2) is 0 Å². The molecule has 2 aromatic carbocycles. The second kappa shape index (κ2) is 7.04. The Kier molecular flexibility index (Phi) is 4.44. The molecule has 1 N–H and O–H groups in total. The summed E-state index contributed by atoms with van der Waals surface area (Å²) in [6, 6.07) is 15.7. The molecular weight excluding hydrogens is 326 g/mol. The van der Waals surface area contributed by atoms with Crippen LogP contribution in [0.2, 0.25) is 0 Å². The number of rotatable bonds is 4. The van der Waals surface area contributed by atoms with Crippen molar-refractivity contribution in [3.63, 3.8) is 0 Å². The highest BCUT2D eigenvalue weighted by molar-refractivity contribution is 6.02. The lowest BCUT2D eigenvalue weighted by molar-refractivity contribution is -0.115. The zero-order valence-electron chi connectivity index (χ0n) is 14.7. The summed E-state index contributed by atoms with van der Waals surface area (Å²) in [5.41, 5.74) is 4.03. The van der Waals surface area contributed by atoms with Gasteiger partial charge in [-0.15, -0.1) is 0 Å². The number of nitrogens with zero attached hydrogens (tertiary/aromatic N) is 2. The largest absolute Gasteiger partial charge is 0.497 e. The van der Waals surface area contributed by atoms with E-state index in [4.69, 9.17) is 4.74 Å². The number of hydrogen-bond donors (Lipinski definition) is 1. The molecule has 0 saturated carbocycles. The molecule has 3 aromatic rings. The molecule has 2 heterocycles. The maximum absolute atomic E-state index is 12.7. The maximum atomic E-state index is 12.7. The van der Waals surface area contributed by atoms with Crippen LogP contribution >= 0.6 is 0 Å². The summed E-state index contributed by atoms with van der Waals surface area (Å²) < 4.78 is 5.31. The quantitative estimate of drug-likeness (QED) is 0.783. The second-order valence-electron chi connectivity index (χ2n) is 6.44. The molecule has 0 atom stereocenters. The molecule has 0 unspecified atom stereocenters. The van der Waals surface area contributed by atoms with E-state index in [1.165, 1.54) is 5.56 Å².